The summed E-state index contributed by atoms with van der Waals surface area (Å²) < 4.78 is 10.7. The molecule has 6 atom stereocenters. The van der Waals surface area contributed by atoms with Gasteiger partial charge < -0.3 is 9.47 Å². The monoisotopic (exact) mass is 429 g/mol. The van der Waals surface area contributed by atoms with E-state index in [4.69, 9.17) is 9.47 Å². The van der Waals surface area contributed by atoms with E-state index in [9.17, 15) is 14.4 Å². The first-order valence-corrected chi connectivity index (χ1v) is 11.0. The molecule has 1 saturated heterocycles. The lowest BCUT2D eigenvalue weighted by Crippen LogP contribution is -2.40. The largest absolute Gasteiger partial charge is 0.497 e. The Kier molecular flexibility index (Phi) is 4.25. The molecule has 4 aliphatic carbocycles. The molecule has 2 saturated carbocycles. The molecule has 5 aliphatic rings. The lowest BCUT2D eigenvalue weighted by Gasteiger charge is -2.37. The molecule has 2 aromatic carbocycles. The Morgan fingerprint density at radius 3 is 2.00 bits per heavy atom. The Morgan fingerprint density at radius 2 is 1.44 bits per heavy atom. The Hall–Kier alpha value is -3.41. The summed E-state index contributed by atoms with van der Waals surface area (Å²) in [4.78, 5) is 40.1. The molecule has 32 heavy (non-hydrogen) atoms. The van der Waals surface area contributed by atoms with E-state index in [-0.39, 0.29) is 47.9 Å². The summed E-state index contributed by atoms with van der Waals surface area (Å²) in [6, 6.07) is 13.7. The molecule has 2 amide bonds. The van der Waals surface area contributed by atoms with Gasteiger partial charge in [0.1, 0.15) is 11.5 Å². The lowest BCUT2D eigenvalue weighted by molar-refractivity contribution is -0.124. The molecule has 6 heteroatoms. The molecule has 7 rings (SSSR count). The highest BCUT2D eigenvalue weighted by Gasteiger charge is 2.67. The van der Waals surface area contributed by atoms with Crippen LogP contribution in [0.5, 0.6) is 11.5 Å². The van der Waals surface area contributed by atoms with E-state index in [2.05, 4.69) is 12.2 Å². The average molecular weight is 429 g/mol. The van der Waals surface area contributed by atoms with Gasteiger partial charge in [0, 0.05) is 5.56 Å². The lowest BCUT2D eigenvalue weighted by atomic mass is 9.63. The highest BCUT2D eigenvalue weighted by molar-refractivity contribution is 6.22. The van der Waals surface area contributed by atoms with Gasteiger partial charge in [-0.1, -0.05) is 12.2 Å². The predicted octanol–water partition coefficient (Wildman–Crippen LogP) is 3.51. The van der Waals surface area contributed by atoms with E-state index in [0.29, 0.717) is 34.6 Å². The van der Waals surface area contributed by atoms with E-state index >= 15 is 0 Å². The number of carbonyl (C=O) groups is 3. The van der Waals surface area contributed by atoms with Crippen LogP contribution in [-0.2, 0) is 9.59 Å². The third kappa shape index (κ3) is 2.82. The van der Waals surface area contributed by atoms with Crippen molar-refractivity contribution in [1.82, 2.24) is 0 Å². The number of anilines is 1. The standard InChI is InChI=1S/C26H23NO5/c1-31-16-6-2-14(3-7-16)22(28)13-32-17-8-4-15(5-9-17)27-25(29)23-18-10-11-19(21-12-20(18)21)24(23)26(27)30/h2-11,18-21,23-24H,12-13H2,1H3/t18-,19+,20-,21-,23+,24+/m1/s1. The van der Waals surface area contributed by atoms with Gasteiger partial charge in [-0.15, -0.1) is 0 Å². The summed E-state index contributed by atoms with van der Waals surface area (Å²) in [5.41, 5.74) is 1.11. The van der Waals surface area contributed by atoms with Crippen molar-refractivity contribution in [2.45, 2.75) is 6.42 Å². The zero-order valence-electron chi connectivity index (χ0n) is 17.6. The van der Waals surface area contributed by atoms with Gasteiger partial charge in [0.2, 0.25) is 11.8 Å². The number of hydrogen-bond donors (Lipinski definition) is 0. The Bertz CT molecular complexity index is 1100. The van der Waals surface area contributed by atoms with Crippen molar-refractivity contribution in [1.29, 1.82) is 0 Å². The fourth-order valence-corrected chi connectivity index (χ4v) is 5.91. The van der Waals surface area contributed by atoms with Crippen LogP contribution in [0, 0.1) is 35.5 Å². The summed E-state index contributed by atoms with van der Waals surface area (Å²) in [7, 11) is 1.57. The van der Waals surface area contributed by atoms with Crippen LogP contribution in [0.3, 0.4) is 0 Å². The molecule has 3 fully saturated rings. The third-order valence-electron chi connectivity index (χ3n) is 7.54. The molecule has 6 nitrogen and oxygen atoms in total. The van der Waals surface area contributed by atoms with Crippen LogP contribution in [0.25, 0.3) is 0 Å². The number of ketones is 1. The summed E-state index contributed by atoms with van der Waals surface area (Å²) in [6.45, 7) is -0.102. The van der Waals surface area contributed by atoms with Crippen molar-refractivity contribution >= 4 is 23.3 Å². The number of carbonyl (C=O) groups excluding carboxylic acids is 3. The minimum atomic E-state index is -0.209. The van der Waals surface area contributed by atoms with E-state index in [1.165, 1.54) is 4.90 Å². The van der Waals surface area contributed by atoms with Crippen molar-refractivity contribution in [2.24, 2.45) is 35.5 Å². The molecule has 0 unspecified atom stereocenters. The van der Waals surface area contributed by atoms with E-state index in [1.807, 2.05) is 0 Å². The fraction of sp³-hybridized carbons (Fsp3) is 0.346. The fourth-order valence-electron chi connectivity index (χ4n) is 5.91. The second kappa shape index (κ2) is 7.05. The Balaban J connectivity index is 1.14. The number of rotatable bonds is 6. The number of amides is 2. The van der Waals surface area contributed by atoms with Gasteiger partial charge in [0.05, 0.1) is 24.6 Å². The minimum Gasteiger partial charge on any atom is -0.497 e. The molecule has 2 bridgehead atoms. The number of allylic oxidation sites excluding steroid dienone is 2. The maximum absolute atomic E-state index is 13.2. The molecule has 162 valence electrons. The summed E-state index contributed by atoms with van der Waals surface area (Å²) in [5.74, 6) is 2.07. The summed E-state index contributed by atoms with van der Waals surface area (Å²) in [5, 5.41) is 0. The number of benzene rings is 2. The zero-order valence-corrected chi connectivity index (χ0v) is 17.6. The Labute approximate surface area is 185 Å². The molecule has 2 aromatic rings. The van der Waals surface area contributed by atoms with E-state index < -0.39 is 0 Å². The maximum atomic E-state index is 13.2. The molecule has 0 aromatic heterocycles. The maximum Gasteiger partial charge on any atom is 0.238 e. The van der Waals surface area contributed by atoms with Crippen LogP contribution in [-0.4, -0.2) is 31.3 Å². The zero-order chi connectivity index (χ0) is 22.0. The van der Waals surface area contributed by atoms with Gasteiger partial charge in [0.25, 0.3) is 0 Å². The van der Waals surface area contributed by atoms with Crippen LogP contribution < -0.4 is 14.4 Å². The molecule has 0 N–H and O–H groups in total. The van der Waals surface area contributed by atoms with E-state index in [0.717, 1.165) is 6.42 Å². The molecule has 1 aliphatic heterocycles. The van der Waals surface area contributed by atoms with Gasteiger partial charge in [-0.2, -0.15) is 0 Å². The topological polar surface area (TPSA) is 72.9 Å². The van der Waals surface area contributed by atoms with Crippen molar-refractivity contribution in [3.63, 3.8) is 0 Å². The SMILES string of the molecule is COc1ccc(C(=O)COc2ccc(N3C(=O)[C@H]4[C@@H]5C=C[C@@H]([C@H]6C[C@H]56)[C@@H]4C3=O)cc2)cc1. The average Bonchev–Trinajstić information content (AvgIpc) is 3.61. The number of imide groups is 1. The van der Waals surface area contributed by atoms with Crippen LogP contribution in [0.15, 0.2) is 60.7 Å². The van der Waals surface area contributed by atoms with Crippen molar-refractivity contribution in [3.05, 3.63) is 66.2 Å². The predicted molar refractivity (Wildman–Crippen MR) is 116 cm³/mol. The highest BCUT2D eigenvalue weighted by atomic mass is 16.5. The van der Waals surface area contributed by atoms with Gasteiger partial charge in [-0.3, -0.25) is 19.3 Å². The Morgan fingerprint density at radius 1 is 0.875 bits per heavy atom. The first kappa shape index (κ1) is 19.3. The normalized spacial score (nSPS) is 31.3. The van der Waals surface area contributed by atoms with Gasteiger partial charge in [-0.05, 0) is 78.6 Å². The highest BCUT2D eigenvalue weighted by Crippen LogP contribution is 2.65. The van der Waals surface area contributed by atoms with Crippen LogP contribution in [0.4, 0.5) is 5.69 Å². The van der Waals surface area contributed by atoms with Crippen LogP contribution >= 0.6 is 0 Å². The second-order valence-electron chi connectivity index (χ2n) is 9.10. The first-order chi connectivity index (χ1) is 15.6. The molecule has 0 spiro atoms. The number of ether oxygens (including phenoxy) is 2. The summed E-state index contributed by atoms with van der Waals surface area (Å²) in [6.07, 6.45) is 5.49. The number of Topliss-reactive ketones (excluding diaryl/α,β-unsaturated/α-hetero) is 1. The number of methoxy groups -OCH3 is 1. The van der Waals surface area contributed by atoms with Crippen molar-refractivity contribution in [2.75, 3.05) is 18.6 Å². The van der Waals surface area contributed by atoms with Crippen LogP contribution in [0.1, 0.15) is 16.8 Å². The number of hydrogen-bond acceptors (Lipinski definition) is 5. The van der Waals surface area contributed by atoms with E-state index in [1.54, 1.807) is 55.6 Å². The van der Waals surface area contributed by atoms with Crippen LogP contribution in [0.2, 0.25) is 0 Å². The first-order valence-electron chi connectivity index (χ1n) is 11.0. The van der Waals surface area contributed by atoms with Gasteiger partial charge in [-0.25, -0.2) is 0 Å². The quantitative estimate of drug-likeness (QED) is 0.399. The number of nitrogens with zero attached hydrogens (tertiary/aromatic N) is 1. The van der Waals surface area contributed by atoms with Gasteiger partial charge in [0.15, 0.2) is 12.4 Å². The smallest absolute Gasteiger partial charge is 0.238 e. The molecule has 0 radical (unpaired) electrons. The minimum absolute atomic E-state index is 0.0759. The van der Waals surface area contributed by atoms with Gasteiger partial charge >= 0.3 is 0 Å². The van der Waals surface area contributed by atoms with Crippen molar-refractivity contribution < 1.29 is 23.9 Å². The van der Waals surface area contributed by atoms with Crippen molar-refractivity contribution in [3.8, 4) is 11.5 Å². The second-order valence-corrected chi connectivity index (χ2v) is 9.10. The molecular formula is C26H23NO5. The molecule has 1 heterocycles. The molecular weight excluding hydrogens is 406 g/mol. The third-order valence-corrected chi connectivity index (χ3v) is 7.54. The summed E-state index contributed by atoms with van der Waals surface area (Å²) >= 11 is 0.